The highest BCUT2D eigenvalue weighted by atomic mass is 32.2. The second-order valence-electron chi connectivity index (χ2n) is 17.6. The number of aliphatic hydroxyl groups is 1. The third-order valence-electron chi connectivity index (χ3n) is 11.5. The number of unbranched alkanes of at least 4 members (excludes halogenated alkanes) is 1. The number of carbonyl (C=O) groups excluding carboxylic acids is 7. The number of amides is 5. The average molecular weight is 1060 g/mol. The summed E-state index contributed by atoms with van der Waals surface area (Å²) in [6.07, 6.45) is 3.71. The molecule has 26 heteroatoms. The van der Waals surface area contributed by atoms with Crippen LogP contribution in [-0.2, 0) is 71.7 Å². The van der Waals surface area contributed by atoms with E-state index in [1.54, 1.807) is 6.92 Å². The van der Waals surface area contributed by atoms with Gasteiger partial charge in [-0.15, -0.1) is 0 Å². The Hall–Kier alpha value is -5.28. The number of Topliss-reactive ketones (excluding diaryl/α,β-unsaturated/α-hetero) is 2. The van der Waals surface area contributed by atoms with E-state index in [9.17, 15) is 63.0 Å². The maximum atomic E-state index is 12.8. The summed E-state index contributed by atoms with van der Waals surface area (Å²) < 4.78 is 21.4. The van der Waals surface area contributed by atoms with Gasteiger partial charge in [-0.05, 0) is 70.1 Å². The molecule has 0 aliphatic heterocycles. The van der Waals surface area contributed by atoms with E-state index in [0.29, 0.717) is 57.2 Å². The third-order valence-corrected chi connectivity index (χ3v) is 12.7. The van der Waals surface area contributed by atoms with Crippen molar-refractivity contribution in [2.45, 2.75) is 115 Å². The first-order valence-corrected chi connectivity index (χ1v) is 25.8. The number of hydrogen-bond donors (Lipinski definition) is 10. The normalized spacial score (nSPS) is 15.9. The van der Waals surface area contributed by atoms with E-state index >= 15 is 0 Å². The van der Waals surface area contributed by atoms with Crippen LogP contribution in [0.2, 0.25) is 0 Å². The van der Waals surface area contributed by atoms with Crippen LogP contribution in [0.4, 0.5) is 0 Å². The number of nitrogens with one attached hydrogen (secondary N) is 5. The fourth-order valence-corrected chi connectivity index (χ4v) is 8.07. The van der Waals surface area contributed by atoms with Crippen LogP contribution in [0.5, 0.6) is 0 Å². The summed E-state index contributed by atoms with van der Waals surface area (Å²) in [6.45, 7) is 2.17. The zero-order valence-corrected chi connectivity index (χ0v) is 42.6. The van der Waals surface area contributed by atoms with Gasteiger partial charge in [0.25, 0.3) is 0 Å². The summed E-state index contributed by atoms with van der Waals surface area (Å²) in [4.78, 5) is 131. The van der Waals surface area contributed by atoms with Crippen molar-refractivity contribution in [3.8, 4) is 0 Å². The monoisotopic (exact) mass is 1060 g/mol. The van der Waals surface area contributed by atoms with Crippen LogP contribution in [-0.4, -0.2) is 193 Å². The highest BCUT2D eigenvalue weighted by molar-refractivity contribution is 7.99. The molecule has 0 radical (unpaired) electrons. The lowest BCUT2D eigenvalue weighted by Gasteiger charge is -2.28. The Bertz CT molecular complexity index is 1750. The van der Waals surface area contributed by atoms with Crippen molar-refractivity contribution in [2.24, 2.45) is 23.7 Å². The van der Waals surface area contributed by atoms with Crippen molar-refractivity contribution >= 4 is 76.7 Å². The number of thioether (sulfide) groups is 1. The summed E-state index contributed by atoms with van der Waals surface area (Å²) in [5.41, 5.74) is 0. The van der Waals surface area contributed by atoms with Crippen molar-refractivity contribution in [1.29, 1.82) is 0 Å². The van der Waals surface area contributed by atoms with Gasteiger partial charge >= 0.3 is 23.9 Å². The molecule has 0 unspecified atom stereocenters. The number of hydrogen-bond acceptors (Lipinski definition) is 17. The summed E-state index contributed by atoms with van der Waals surface area (Å²) in [5, 5.41) is 59.0. The number of ketones is 2. The molecule has 73 heavy (non-hydrogen) atoms. The molecule has 1 saturated carbocycles. The third kappa shape index (κ3) is 34.0. The molecule has 0 heterocycles. The molecule has 0 aromatic heterocycles. The number of ether oxygens (including phenoxy) is 4. The van der Waals surface area contributed by atoms with Crippen molar-refractivity contribution in [1.82, 2.24) is 26.6 Å². The van der Waals surface area contributed by atoms with Crippen LogP contribution in [0.25, 0.3) is 0 Å². The van der Waals surface area contributed by atoms with Gasteiger partial charge in [-0.25, -0.2) is 9.59 Å². The van der Waals surface area contributed by atoms with Gasteiger partial charge < -0.3 is 71.1 Å². The molecule has 10 N–H and O–H groups in total. The fourth-order valence-electron chi connectivity index (χ4n) is 7.12. The Kier molecular flexibility index (Phi) is 36.2. The molecule has 1 rings (SSSR count). The highest BCUT2D eigenvalue weighted by Gasteiger charge is 2.30. The lowest BCUT2D eigenvalue weighted by atomic mass is 9.81. The SMILES string of the molecule is C[C@@H](CSCC(=O)NCCCC[C@H](NC(=O)COCCOCCCC(=O)COCCOCCNC(=O)CC[C@H](NC(=O)C1CCC(CNC(=O)CCCC(=O)O)CC1)C(=O)O)C(=O)O)C(=O)C[C@@H](CO)C(=O)O. The minimum absolute atomic E-state index is 0.0514. The molecular formula is C47H77N5O20S. The van der Waals surface area contributed by atoms with E-state index in [-0.39, 0.29) is 152 Å². The molecule has 1 aliphatic rings. The quantitative estimate of drug-likeness (QED) is 0.0357. The molecule has 0 spiro atoms. The van der Waals surface area contributed by atoms with Gasteiger partial charge in [0, 0.05) is 75.9 Å². The van der Waals surface area contributed by atoms with Gasteiger partial charge in [0.1, 0.15) is 31.1 Å². The summed E-state index contributed by atoms with van der Waals surface area (Å²) in [6, 6.07) is -2.40. The molecule has 1 aliphatic carbocycles. The second kappa shape index (κ2) is 40.1. The van der Waals surface area contributed by atoms with E-state index in [0.717, 1.165) is 0 Å². The molecule has 0 aromatic rings. The number of rotatable bonds is 45. The van der Waals surface area contributed by atoms with Gasteiger partial charge in [0.2, 0.25) is 29.5 Å². The number of carboxylic acids is 4. The van der Waals surface area contributed by atoms with Crippen molar-refractivity contribution in [3.05, 3.63) is 0 Å². The predicted molar refractivity (Wildman–Crippen MR) is 260 cm³/mol. The van der Waals surface area contributed by atoms with E-state index in [1.807, 2.05) is 0 Å². The van der Waals surface area contributed by atoms with Crippen molar-refractivity contribution < 1.29 is 97.2 Å². The van der Waals surface area contributed by atoms with Crippen molar-refractivity contribution in [2.75, 3.05) is 90.6 Å². The van der Waals surface area contributed by atoms with Gasteiger partial charge in [-0.1, -0.05) is 6.92 Å². The smallest absolute Gasteiger partial charge is 0.326 e. The Morgan fingerprint density at radius 2 is 1.19 bits per heavy atom. The van der Waals surface area contributed by atoms with Gasteiger partial charge in [0.15, 0.2) is 5.78 Å². The van der Waals surface area contributed by atoms with Gasteiger partial charge in [-0.2, -0.15) is 11.8 Å². The number of aliphatic carboxylic acids is 4. The van der Waals surface area contributed by atoms with Gasteiger partial charge in [-0.3, -0.25) is 43.2 Å². The van der Waals surface area contributed by atoms with Crippen LogP contribution in [0.1, 0.15) is 103 Å². The Labute approximate surface area is 429 Å². The minimum atomic E-state index is -1.25. The molecule has 0 aromatic carbocycles. The van der Waals surface area contributed by atoms with Crippen molar-refractivity contribution in [3.63, 3.8) is 0 Å². The summed E-state index contributed by atoms with van der Waals surface area (Å²) >= 11 is 1.21. The molecule has 416 valence electrons. The summed E-state index contributed by atoms with van der Waals surface area (Å²) in [7, 11) is 0. The standard InChI is InChI=1S/C47H77N5O20S/c1-31(38(55)24-34(26-53)45(63)64)29-73-30-42(59)48-16-3-2-7-36(46(65)66)51-41(58)28-72-23-20-69-18-5-6-35(54)27-71-22-21-70-19-17-49-40(57)15-14-37(47(67)68)52-44(62)33-12-10-32(11-13-33)25-50-39(56)8-4-9-43(60)61/h31-34,36-37,53H,2-30H2,1H3,(H,48,59)(H,49,57)(H,50,56)(H,51,58)(H,52,62)(H,60,61)(H,63,64)(H,65,66)(H,67,68)/t31-,32?,33?,34-,36-,37-/m0/s1. The maximum Gasteiger partial charge on any atom is 0.326 e. The maximum absolute atomic E-state index is 12.8. The fraction of sp³-hybridized carbons (Fsp3) is 0.766. The van der Waals surface area contributed by atoms with Crippen LogP contribution in [0.15, 0.2) is 0 Å². The predicted octanol–water partition coefficient (Wildman–Crippen LogP) is -0.0771. The zero-order chi connectivity index (χ0) is 54.4. The Morgan fingerprint density at radius 1 is 0.575 bits per heavy atom. The van der Waals surface area contributed by atoms with E-state index < -0.39 is 78.7 Å². The van der Waals surface area contributed by atoms with Crippen LogP contribution in [0.3, 0.4) is 0 Å². The Balaban J connectivity index is 2.05. The van der Waals surface area contributed by atoms with Crippen LogP contribution < -0.4 is 26.6 Å². The minimum Gasteiger partial charge on any atom is -0.481 e. The van der Waals surface area contributed by atoms with Crippen LogP contribution in [0, 0.1) is 23.7 Å². The topological polar surface area (TPSA) is 386 Å². The molecular weight excluding hydrogens is 987 g/mol. The lowest BCUT2D eigenvalue weighted by molar-refractivity contribution is -0.145. The highest BCUT2D eigenvalue weighted by Crippen LogP contribution is 2.29. The molecule has 4 atom stereocenters. The number of carboxylic acid groups (broad SMARTS) is 4. The van der Waals surface area contributed by atoms with Crippen LogP contribution >= 0.6 is 11.8 Å². The first-order valence-electron chi connectivity index (χ1n) is 24.7. The zero-order valence-electron chi connectivity index (χ0n) is 41.7. The average Bonchev–Trinajstić information content (AvgIpc) is 3.34. The molecule has 0 bridgehead atoms. The van der Waals surface area contributed by atoms with E-state index in [1.165, 1.54) is 11.8 Å². The Morgan fingerprint density at radius 3 is 1.84 bits per heavy atom. The molecule has 25 nitrogen and oxygen atoms in total. The summed E-state index contributed by atoms with van der Waals surface area (Å²) in [5.74, 6) is -8.60. The first kappa shape index (κ1) is 65.7. The number of aliphatic hydroxyl groups excluding tert-OH is 1. The van der Waals surface area contributed by atoms with E-state index in [2.05, 4.69) is 26.6 Å². The molecule has 5 amide bonds. The second-order valence-corrected chi connectivity index (χ2v) is 18.7. The molecule has 1 fully saturated rings. The number of carbonyl (C=O) groups is 11. The van der Waals surface area contributed by atoms with E-state index in [4.69, 9.17) is 34.3 Å². The molecule has 0 saturated heterocycles. The first-order chi connectivity index (χ1) is 34.8. The van der Waals surface area contributed by atoms with Gasteiger partial charge in [0.05, 0.1) is 51.3 Å². The lowest BCUT2D eigenvalue weighted by Crippen LogP contribution is -2.45. The largest absolute Gasteiger partial charge is 0.481 e.